The summed E-state index contributed by atoms with van der Waals surface area (Å²) in [5.74, 6) is -0.177. The Morgan fingerprint density at radius 3 is 2.49 bits per heavy atom. The quantitative estimate of drug-likeness (QED) is 0.305. The van der Waals surface area contributed by atoms with Crippen molar-refractivity contribution in [3.05, 3.63) is 101 Å². The van der Waals surface area contributed by atoms with Gasteiger partial charge in [0.1, 0.15) is 0 Å². The van der Waals surface area contributed by atoms with Crippen LogP contribution in [-0.2, 0) is 4.79 Å². The maximum absolute atomic E-state index is 13.5. The number of carbonyl (C=O) groups excluding carboxylic acids is 2. The Balaban J connectivity index is 1.28. The van der Waals surface area contributed by atoms with Crippen molar-refractivity contribution in [2.45, 2.75) is 33.3 Å². The van der Waals surface area contributed by atoms with Gasteiger partial charge in [0, 0.05) is 31.2 Å². The van der Waals surface area contributed by atoms with E-state index < -0.39 is 5.25 Å². The van der Waals surface area contributed by atoms with Crippen molar-refractivity contribution < 1.29 is 9.59 Å². The lowest BCUT2D eigenvalue weighted by Crippen LogP contribution is -2.49. The van der Waals surface area contributed by atoms with Crippen molar-refractivity contribution in [1.29, 1.82) is 0 Å². The van der Waals surface area contributed by atoms with Crippen LogP contribution in [0.2, 0.25) is 10.0 Å². The number of carbonyl (C=O) groups is 2. The second-order valence-electron chi connectivity index (χ2n) is 8.55. The number of benzene rings is 3. The van der Waals surface area contributed by atoms with Crippen LogP contribution >= 0.6 is 46.7 Å². The molecule has 2 N–H and O–H groups in total. The van der Waals surface area contributed by atoms with Gasteiger partial charge < -0.3 is 10.6 Å². The van der Waals surface area contributed by atoms with E-state index in [0.29, 0.717) is 21.4 Å². The van der Waals surface area contributed by atoms with Gasteiger partial charge in [-0.3, -0.25) is 9.69 Å². The highest BCUT2D eigenvalue weighted by Crippen LogP contribution is 2.43. The molecule has 5 rings (SSSR count). The van der Waals surface area contributed by atoms with Crippen LogP contribution in [0.5, 0.6) is 0 Å². The number of thioether (sulfide) groups is 2. The molecule has 3 unspecified atom stereocenters. The molecule has 1 heterocycles. The van der Waals surface area contributed by atoms with Crippen LogP contribution in [0.25, 0.3) is 0 Å². The van der Waals surface area contributed by atoms with E-state index in [2.05, 4.69) is 22.8 Å². The van der Waals surface area contributed by atoms with E-state index in [0.717, 1.165) is 15.5 Å². The summed E-state index contributed by atoms with van der Waals surface area (Å²) in [6.45, 7) is 1.82. The lowest BCUT2D eigenvalue weighted by atomic mass is 10.1. The maximum Gasteiger partial charge on any atom is 0.326 e. The van der Waals surface area contributed by atoms with Crippen LogP contribution in [0.3, 0.4) is 0 Å². The monoisotopic (exact) mass is 567 g/mol. The van der Waals surface area contributed by atoms with Crippen molar-refractivity contribution in [3.63, 3.8) is 0 Å². The van der Waals surface area contributed by atoms with Crippen LogP contribution in [0.4, 0.5) is 21.9 Å². The molecule has 9 heteroatoms. The Morgan fingerprint density at radius 2 is 1.68 bits per heavy atom. The Labute approximate surface area is 234 Å². The number of urea groups is 1. The molecule has 5 nitrogen and oxygen atoms in total. The third-order valence-electron chi connectivity index (χ3n) is 5.86. The number of anilines is 3. The van der Waals surface area contributed by atoms with E-state index in [9.17, 15) is 9.59 Å². The summed E-state index contributed by atoms with van der Waals surface area (Å²) in [5, 5.41) is 6.57. The van der Waals surface area contributed by atoms with E-state index >= 15 is 0 Å². The third kappa shape index (κ3) is 6.02. The van der Waals surface area contributed by atoms with Gasteiger partial charge in [-0.25, -0.2) is 4.79 Å². The lowest BCUT2D eigenvalue weighted by molar-refractivity contribution is -0.115. The molecule has 0 radical (unpaired) electrons. The van der Waals surface area contributed by atoms with Crippen molar-refractivity contribution in [3.8, 4) is 0 Å². The van der Waals surface area contributed by atoms with E-state index in [-0.39, 0.29) is 23.2 Å². The molecule has 0 bridgehead atoms. The van der Waals surface area contributed by atoms with Crippen molar-refractivity contribution in [2.24, 2.45) is 0 Å². The van der Waals surface area contributed by atoms with E-state index in [4.69, 9.17) is 23.2 Å². The van der Waals surface area contributed by atoms with Gasteiger partial charge in [-0.1, -0.05) is 65.7 Å². The molecule has 1 aliphatic carbocycles. The zero-order valence-corrected chi connectivity index (χ0v) is 22.9. The Hall–Kier alpha value is -2.84. The molecule has 1 aliphatic heterocycles. The fourth-order valence-electron chi connectivity index (χ4n) is 4.18. The Bertz CT molecular complexity index is 1390. The van der Waals surface area contributed by atoms with Crippen LogP contribution < -0.4 is 15.5 Å². The summed E-state index contributed by atoms with van der Waals surface area (Å²) in [4.78, 5) is 30.0. The van der Waals surface area contributed by atoms with Gasteiger partial charge in [0.05, 0.1) is 22.2 Å². The summed E-state index contributed by atoms with van der Waals surface area (Å²) in [7, 11) is 0. The average Bonchev–Trinajstić information content (AvgIpc) is 2.86. The topological polar surface area (TPSA) is 61.4 Å². The van der Waals surface area contributed by atoms with Crippen LogP contribution in [0.15, 0.2) is 101 Å². The molecule has 3 aromatic rings. The Morgan fingerprint density at radius 1 is 0.919 bits per heavy atom. The minimum absolute atomic E-state index is 0.0776. The standard InChI is InChI=1S/C28H23Cl2N3O2S2/c1-17(27(34)31-21-14-18(29)13-19(30)15-21)36-22-8-6-7-20(16-22)32-28(35)33-23-9-2-4-11-25(23)37-26-12-5-3-10-24(26)33/h2-17,23,25H,1H3,(H,31,34)(H,32,35). The highest BCUT2D eigenvalue weighted by atomic mass is 35.5. The van der Waals surface area contributed by atoms with Gasteiger partial charge in [0.2, 0.25) is 5.91 Å². The summed E-state index contributed by atoms with van der Waals surface area (Å²) in [6, 6.07) is 20.1. The average molecular weight is 569 g/mol. The molecular formula is C28H23Cl2N3O2S2. The van der Waals surface area contributed by atoms with Crippen molar-refractivity contribution >= 4 is 75.7 Å². The first-order chi connectivity index (χ1) is 17.9. The number of hydrogen-bond donors (Lipinski definition) is 2. The number of hydrogen-bond acceptors (Lipinski definition) is 4. The van der Waals surface area contributed by atoms with Gasteiger partial charge in [-0.15, -0.1) is 23.5 Å². The highest BCUT2D eigenvalue weighted by Gasteiger charge is 2.36. The number of halogens is 2. The molecule has 2 aliphatic rings. The van der Waals surface area contributed by atoms with E-state index in [1.807, 2.05) is 72.5 Å². The van der Waals surface area contributed by atoms with Gasteiger partial charge in [0.25, 0.3) is 0 Å². The zero-order chi connectivity index (χ0) is 25.9. The first-order valence-electron chi connectivity index (χ1n) is 11.6. The van der Waals surface area contributed by atoms with E-state index in [1.165, 1.54) is 11.8 Å². The first kappa shape index (κ1) is 25.8. The van der Waals surface area contributed by atoms with E-state index in [1.54, 1.807) is 30.0 Å². The molecule has 0 aromatic heterocycles. The number of nitrogens with one attached hydrogen (secondary N) is 2. The number of para-hydroxylation sites is 1. The predicted octanol–water partition coefficient (Wildman–Crippen LogP) is 8.12. The highest BCUT2D eigenvalue weighted by molar-refractivity contribution is 8.00. The van der Waals surface area contributed by atoms with Gasteiger partial charge in [-0.2, -0.15) is 0 Å². The molecule has 0 saturated heterocycles. The molecule has 37 heavy (non-hydrogen) atoms. The van der Waals surface area contributed by atoms with Crippen LogP contribution in [0.1, 0.15) is 6.92 Å². The summed E-state index contributed by atoms with van der Waals surface area (Å²) >= 11 is 15.2. The normalized spacial score (nSPS) is 18.5. The molecule has 188 valence electrons. The van der Waals surface area contributed by atoms with Gasteiger partial charge >= 0.3 is 6.03 Å². The predicted molar refractivity (Wildman–Crippen MR) is 157 cm³/mol. The zero-order valence-electron chi connectivity index (χ0n) is 19.7. The smallest absolute Gasteiger partial charge is 0.325 e. The lowest BCUT2D eigenvalue weighted by Gasteiger charge is -2.40. The second kappa shape index (κ2) is 11.3. The second-order valence-corrected chi connectivity index (χ2v) is 12.1. The van der Waals surface area contributed by atoms with Crippen LogP contribution in [0, 0.1) is 0 Å². The minimum atomic E-state index is -0.394. The molecule has 3 aromatic carbocycles. The SMILES string of the molecule is CC(Sc1cccc(NC(=O)N2c3ccccc3SC3C=CC=CC32)c1)C(=O)Nc1cc(Cl)cc(Cl)c1. The number of amides is 3. The molecule has 0 saturated carbocycles. The fourth-order valence-corrected chi connectivity index (χ4v) is 6.89. The van der Waals surface area contributed by atoms with Crippen molar-refractivity contribution in [2.75, 3.05) is 15.5 Å². The molecule has 0 fully saturated rings. The summed E-state index contributed by atoms with van der Waals surface area (Å²) < 4.78 is 0. The fraction of sp³-hybridized carbons (Fsp3) is 0.143. The Kier molecular flexibility index (Phi) is 7.86. The number of nitrogens with zero attached hydrogens (tertiary/aromatic N) is 1. The molecule has 3 atom stereocenters. The molecule has 3 amide bonds. The van der Waals surface area contributed by atoms with Crippen molar-refractivity contribution in [1.82, 2.24) is 0 Å². The number of allylic oxidation sites excluding steroid dienone is 2. The number of rotatable bonds is 5. The molecular weight excluding hydrogens is 545 g/mol. The minimum Gasteiger partial charge on any atom is -0.325 e. The maximum atomic E-state index is 13.5. The summed E-state index contributed by atoms with van der Waals surface area (Å²) in [5.41, 5.74) is 2.09. The van der Waals surface area contributed by atoms with Gasteiger partial charge in [-0.05, 0) is 55.5 Å². The first-order valence-corrected chi connectivity index (χ1v) is 14.1. The largest absolute Gasteiger partial charge is 0.326 e. The number of fused-ring (bicyclic) bond motifs is 2. The summed E-state index contributed by atoms with van der Waals surface area (Å²) in [6.07, 6.45) is 8.20. The third-order valence-corrected chi connectivity index (χ3v) is 8.70. The molecule has 0 spiro atoms. The van der Waals surface area contributed by atoms with Crippen LogP contribution in [-0.4, -0.2) is 28.5 Å². The van der Waals surface area contributed by atoms with Gasteiger partial charge in [0.15, 0.2) is 0 Å².